The lowest BCUT2D eigenvalue weighted by Gasteiger charge is -2.08. The highest BCUT2D eigenvalue weighted by Gasteiger charge is 2.33. The van der Waals surface area contributed by atoms with Crippen molar-refractivity contribution in [2.24, 2.45) is 0 Å². The van der Waals surface area contributed by atoms with Gasteiger partial charge in [0.15, 0.2) is 0 Å². The van der Waals surface area contributed by atoms with Crippen LogP contribution in [0.4, 0.5) is 0 Å². The molecule has 1 unspecified atom stereocenters. The lowest BCUT2D eigenvalue weighted by Crippen LogP contribution is -1.95. The highest BCUT2D eigenvalue weighted by Crippen LogP contribution is 2.50. The van der Waals surface area contributed by atoms with Crippen molar-refractivity contribution in [3.05, 3.63) is 45.6 Å². The number of rotatable bonds is 1. The summed E-state index contributed by atoms with van der Waals surface area (Å²) in [6, 6.07) is 0. The number of hydrogen-bond donors (Lipinski definition) is 1. The van der Waals surface area contributed by atoms with Crippen LogP contribution in [0.2, 0.25) is 0 Å². The van der Waals surface area contributed by atoms with Gasteiger partial charge in [-0.25, -0.2) is 0 Å². The SMILES string of the molecule is C=C1C(C=C(C)C)=C(O)C2=C1CC(C)S2. The first-order valence-electron chi connectivity index (χ1n) is 5.18. The maximum Gasteiger partial charge on any atom is 0.137 e. The Morgan fingerprint density at radius 1 is 1.53 bits per heavy atom. The van der Waals surface area contributed by atoms with E-state index in [-0.39, 0.29) is 0 Å². The quantitative estimate of drug-likeness (QED) is 0.717. The largest absolute Gasteiger partial charge is 0.506 e. The Bertz CT molecular complexity index is 420. The summed E-state index contributed by atoms with van der Waals surface area (Å²) in [4.78, 5) is 1.06. The van der Waals surface area contributed by atoms with Crippen LogP contribution in [0.15, 0.2) is 45.6 Å². The smallest absolute Gasteiger partial charge is 0.137 e. The Kier molecular flexibility index (Phi) is 2.55. The second-order valence-electron chi connectivity index (χ2n) is 4.40. The lowest BCUT2D eigenvalue weighted by atomic mass is 10.0. The standard InChI is InChI=1S/C13H16OS/c1-7(2)5-10-9(4)11-6-8(3)15-13(11)12(10)14/h5,8,14H,4,6H2,1-3H3. The Morgan fingerprint density at radius 3 is 2.73 bits per heavy atom. The van der Waals surface area contributed by atoms with Crippen LogP contribution in [0.1, 0.15) is 27.2 Å². The van der Waals surface area contributed by atoms with Gasteiger partial charge in [0.25, 0.3) is 0 Å². The van der Waals surface area contributed by atoms with Crippen LogP contribution in [0.5, 0.6) is 0 Å². The fourth-order valence-electron chi connectivity index (χ4n) is 2.03. The molecule has 2 aliphatic rings. The topological polar surface area (TPSA) is 20.2 Å². The fraction of sp³-hybridized carbons (Fsp3) is 0.385. The van der Waals surface area contributed by atoms with Crippen molar-refractivity contribution in [1.82, 2.24) is 0 Å². The number of allylic oxidation sites excluding steroid dienone is 5. The van der Waals surface area contributed by atoms with Crippen molar-refractivity contribution in [3.8, 4) is 0 Å². The monoisotopic (exact) mass is 220 g/mol. The van der Waals surface area contributed by atoms with E-state index in [1.807, 2.05) is 19.9 Å². The molecule has 0 fully saturated rings. The molecular weight excluding hydrogens is 204 g/mol. The molecule has 1 atom stereocenters. The molecule has 1 aliphatic heterocycles. The molecule has 0 radical (unpaired) electrons. The molecule has 0 bridgehead atoms. The van der Waals surface area contributed by atoms with E-state index >= 15 is 0 Å². The van der Waals surface area contributed by atoms with Crippen LogP contribution < -0.4 is 0 Å². The molecule has 15 heavy (non-hydrogen) atoms. The van der Waals surface area contributed by atoms with Gasteiger partial charge in [0.05, 0.1) is 4.91 Å². The molecule has 0 aromatic carbocycles. The number of thioether (sulfide) groups is 1. The van der Waals surface area contributed by atoms with Crippen molar-refractivity contribution in [3.63, 3.8) is 0 Å². The summed E-state index contributed by atoms with van der Waals surface area (Å²) in [7, 11) is 0. The van der Waals surface area contributed by atoms with Crippen LogP contribution in [0, 0.1) is 0 Å². The Balaban J connectivity index is 2.40. The van der Waals surface area contributed by atoms with E-state index in [1.54, 1.807) is 11.8 Å². The van der Waals surface area contributed by atoms with Gasteiger partial charge in [-0.15, -0.1) is 11.8 Å². The van der Waals surface area contributed by atoms with E-state index in [1.165, 1.54) is 11.1 Å². The summed E-state index contributed by atoms with van der Waals surface area (Å²) < 4.78 is 0. The van der Waals surface area contributed by atoms with Gasteiger partial charge in [0.2, 0.25) is 0 Å². The molecule has 1 N–H and O–H groups in total. The average molecular weight is 220 g/mol. The Hall–Kier alpha value is -0.890. The van der Waals surface area contributed by atoms with Gasteiger partial charge in [-0.3, -0.25) is 0 Å². The summed E-state index contributed by atoms with van der Waals surface area (Å²) in [5.74, 6) is 0.436. The number of aliphatic hydroxyl groups is 1. The minimum atomic E-state index is 0.436. The first-order chi connectivity index (χ1) is 7.00. The highest BCUT2D eigenvalue weighted by molar-refractivity contribution is 8.04. The molecule has 0 saturated carbocycles. The molecule has 0 aromatic rings. The van der Waals surface area contributed by atoms with E-state index in [9.17, 15) is 5.11 Å². The van der Waals surface area contributed by atoms with Crippen molar-refractivity contribution in [2.45, 2.75) is 32.4 Å². The molecule has 0 amide bonds. The van der Waals surface area contributed by atoms with Crippen molar-refractivity contribution in [1.29, 1.82) is 0 Å². The van der Waals surface area contributed by atoms with Gasteiger partial charge in [0, 0.05) is 10.8 Å². The van der Waals surface area contributed by atoms with Crippen LogP contribution in [0.3, 0.4) is 0 Å². The molecular formula is C13H16OS. The maximum absolute atomic E-state index is 10.1. The van der Waals surface area contributed by atoms with Crippen molar-refractivity contribution < 1.29 is 5.11 Å². The maximum atomic E-state index is 10.1. The van der Waals surface area contributed by atoms with Crippen LogP contribution in [-0.4, -0.2) is 10.4 Å². The third kappa shape index (κ3) is 1.67. The normalized spacial score (nSPS) is 25.0. The molecule has 80 valence electrons. The minimum Gasteiger partial charge on any atom is -0.506 e. The second-order valence-corrected chi connectivity index (χ2v) is 5.85. The van der Waals surface area contributed by atoms with E-state index in [0.717, 1.165) is 22.5 Å². The Morgan fingerprint density at radius 2 is 2.20 bits per heavy atom. The predicted octanol–water partition coefficient (Wildman–Crippen LogP) is 4.11. The summed E-state index contributed by atoms with van der Waals surface area (Å²) in [6.07, 6.45) is 3.05. The summed E-state index contributed by atoms with van der Waals surface area (Å²) in [6.45, 7) is 10.3. The molecule has 1 nitrogen and oxygen atoms in total. The van der Waals surface area contributed by atoms with Crippen LogP contribution in [0.25, 0.3) is 0 Å². The first kappa shape index (κ1) is 10.6. The third-order valence-corrected chi connectivity index (χ3v) is 3.92. The zero-order chi connectivity index (χ0) is 11.2. The molecule has 2 rings (SSSR count). The molecule has 0 saturated heterocycles. The molecule has 1 heterocycles. The lowest BCUT2D eigenvalue weighted by molar-refractivity contribution is 0.428. The Labute approximate surface area is 95.3 Å². The molecule has 2 heteroatoms. The van der Waals surface area contributed by atoms with Gasteiger partial charge in [-0.2, -0.15) is 0 Å². The second kappa shape index (κ2) is 3.60. The summed E-state index contributed by atoms with van der Waals surface area (Å²) in [5.41, 5.74) is 4.37. The number of aliphatic hydroxyl groups excluding tert-OH is 1. The van der Waals surface area contributed by atoms with Crippen molar-refractivity contribution in [2.75, 3.05) is 0 Å². The third-order valence-electron chi connectivity index (χ3n) is 2.68. The summed E-state index contributed by atoms with van der Waals surface area (Å²) >= 11 is 1.76. The zero-order valence-electron chi connectivity index (χ0n) is 9.42. The van der Waals surface area contributed by atoms with Gasteiger partial charge < -0.3 is 5.11 Å². The van der Waals surface area contributed by atoms with E-state index in [0.29, 0.717) is 11.0 Å². The van der Waals surface area contributed by atoms with E-state index < -0.39 is 0 Å². The highest BCUT2D eigenvalue weighted by atomic mass is 32.2. The number of hydrogen-bond acceptors (Lipinski definition) is 2. The molecule has 1 aliphatic carbocycles. The van der Waals surface area contributed by atoms with Crippen LogP contribution >= 0.6 is 11.8 Å². The summed E-state index contributed by atoms with van der Waals surface area (Å²) in [5, 5.41) is 10.7. The van der Waals surface area contributed by atoms with E-state index in [4.69, 9.17) is 0 Å². The van der Waals surface area contributed by atoms with Crippen molar-refractivity contribution >= 4 is 11.8 Å². The van der Waals surface area contributed by atoms with Crippen LogP contribution in [-0.2, 0) is 0 Å². The molecule has 0 spiro atoms. The van der Waals surface area contributed by atoms with Gasteiger partial charge in [0.1, 0.15) is 5.76 Å². The minimum absolute atomic E-state index is 0.436. The van der Waals surface area contributed by atoms with Gasteiger partial charge in [-0.1, -0.05) is 25.2 Å². The van der Waals surface area contributed by atoms with Gasteiger partial charge in [-0.05, 0) is 31.4 Å². The zero-order valence-corrected chi connectivity index (χ0v) is 10.2. The van der Waals surface area contributed by atoms with E-state index in [2.05, 4.69) is 13.5 Å². The average Bonchev–Trinajstić information content (AvgIpc) is 2.61. The first-order valence-corrected chi connectivity index (χ1v) is 6.06. The molecule has 0 aromatic heterocycles. The van der Waals surface area contributed by atoms with Gasteiger partial charge >= 0.3 is 0 Å². The fourth-order valence-corrected chi connectivity index (χ4v) is 3.25. The predicted molar refractivity (Wildman–Crippen MR) is 66.9 cm³/mol.